The molecule has 0 aromatic rings. The molecule has 1 unspecified atom stereocenters. The summed E-state index contributed by atoms with van der Waals surface area (Å²) in [5.41, 5.74) is 6.35. The van der Waals surface area contributed by atoms with Crippen molar-refractivity contribution in [3.63, 3.8) is 0 Å². The van der Waals surface area contributed by atoms with Crippen molar-refractivity contribution in [3.8, 4) is 0 Å². The van der Waals surface area contributed by atoms with E-state index >= 15 is 0 Å². The molecule has 1 amide bonds. The van der Waals surface area contributed by atoms with Gasteiger partial charge < -0.3 is 24.8 Å². The maximum atomic E-state index is 12.1. The Morgan fingerprint density at radius 3 is 2.68 bits per heavy atom. The highest BCUT2D eigenvalue weighted by Crippen LogP contribution is 2.29. The van der Waals surface area contributed by atoms with Crippen LogP contribution in [0.5, 0.6) is 0 Å². The molecular weight excluding hydrogens is 284 g/mol. The Bertz CT molecular complexity index is 422. The normalized spacial score (nSPS) is 29.5. The standard InChI is InChI=1S/C16H28N2O4/c1-10(2)20-9-14-13(21-11(3)4)8-16(22-14)18-6-5-12(17)7-15(18)19/h7,10-11,13-14,16H,5-6,8-9,17H2,1-4H3/t13?,14-,16-/m1/s1. The van der Waals surface area contributed by atoms with Gasteiger partial charge in [-0.25, -0.2) is 0 Å². The average molecular weight is 312 g/mol. The summed E-state index contributed by atoms with van der Waals surface area (Å²) in [6, 6.07) is 0. The van der Waals surface area contributed by atoms with Gasteiger partial charge in [-0.1, -0.05) is 0 Å². The molecule has 0 saturated carbocycles. The van der Waals surface area contributed by atoms with Gasteiger partial charge in [0.25, 0.3) is 0 Å². The highest BCUT2D eigenvalue weighted by molar-refractivity contribution is 5.89. The van der Waals surface area contributed by atoms with Crippen LogP contribution in [0.1, 0.15) is 40.5 Å². The lowest BCUT2D eigenvalue weighted by molar-refractivity contribution is -0.145. The van der Waals surface area contributed by atoms with Gasteiger partial charge in [-0.15, -0.1) is 0 Å². The van der Waals surface area contributed by atoms with Gasteiger partial charge in [0.15, 0.2) is 0 Å². The van der Waals surface area contributed by atoms with Gasteiger partial charge in [0.1, 0.15) is 12.3 Å². The summed E-state index contributed by atoms with van der Waals surface area (Å²) in [6.07, 6.45) is 2.64. The largest absolute Gasteiger partial charge is 0.402 e. The lowest BCUT2D eigenvalue weighted by atomic mass is 10.1. The fourth-order valence-electron chi connectivity index (χ4n) is 2.78. The van der Waals surface area contributed by atoms with Crippen molar-refractivity contribution >= 4 is 5.91 Å². The van der Waals surface area contributed by atoms with Gasteiger partial charge in [0.05, 0.1) is 24.9 Å². The lowest BCUT2D eigenvalue weighted by Crippen LogP contribution is -2.43. The highest BCUT2D eigenvalue weighted by atomic mass is 16.6. The SMILES string of the molecule is CC(C)OC[C@H]1O[C@@H](N2CCC(N)=CC2=O)CC1OC(C)C. The van der Waals surface area contributed by atoms with Gasteiger partial charge >= 0.3 is 0 Å². The van der Waals surface area contributed by atoms with E-state index in [9.17, 15) is 4.79 Å². The van der Waals surface area contributed by atoms with E-state index in [1.165, 1.54) is 6.08 Å². The van der Waals surface area contributed by atoms with E-state index in [1.807, 2.05) is 27.7 Å². The molecule has 0 spiro atoms. The average Bonchev–Trinajstić information content (AvgIpc) is 2.78. The van der Waals surface area contributed by atoms with Crippen LogP contribution in [0.25, 0.3) is 0 Å². The van der Waals surface area contributed by atoms with Gasteiger partial charge in [-0.3, -0.25) is 4.79 Å². The van der Waals surface area contributed by atoms with Crippen LogP contribution in [0.15, 0.2) is 11.8 Å². The molecule has 1 saturated heterocycles. The topological polar surface area (TPSA) is 74.0 Å². The monoisotopic (exact) mass is 312 g/mol. The molecule has 1 fully saturated rings. The first-order valence-corrected chi connectivity index (χ1v) is 8.06. The molecule has 0 aliphatic carbocycles. The third kappa shape index (κ3) is 4.44. The second-order valence-electron chi connectivity index (χ2n) is 6.47. The first-order valence-electron chi connectivity index (χ1n) is 8.06. The van der Waals surface area contributed by atoms with Crippen LogP contribution in [0.3, 0.4) is 0 Å². The van der Waals surface area contributed by atoms with Crippen LogP contribution in [-0.4, -0.2) is 54.6 Å². The van der Waals surface area contributed by atoms with Gasteiger partial charge in [-0.2, -0.15) is 0 Å². The summed E-state index contributed by atoms with van der Waals surface area (Å²) in [6.45, 7) is 9.06. The van der Waals surface area contributed by atoms with Crippen LogP contribution in [-0.2, 0) is 19.0 Å². The van der Waals surface area contributed by atoms with Crippen molar-refractivity contribution in [2.75, 3.05) is 13.2 Å². The van der Waals surface area contributed by atoms with Crippen LogP contribution in [0.4, 0.5) is 0 Å². The summed E-state index contributed by atoms with van der Waals surface area (Å²) in [5, 5.41) is 0. The van der Waals surface area contributed by atoms with E-state index < -0.39 is 0 Å². The Hall–Kier alpha value is -1.11. The zero-order valence-electron chi connectivity index (χ0n) is 14.0. The van der Waals surface area contributed by atoms with Crippen molar-refractivity contribution in [1.29, 1.82) is 0 Å². The first-order chi connectivity index (χ1) is 10.4. The Labute approximate surface area is 132 Å². The molecule has 6 nitrogen and oxygen atoms in total. The minimum Gasteiger partial charge on any atom is -0.402 e. The number of carbonyl (C=O) groups is 1. The summed E-state index contributed by atoms with van der Waals surface area (Å²) >= 11 is 0. The molecule has 6 heteroatoms. The van der Waals surface area contributed by atoms with Crippen LogP contribution in [0.2, 0.25) is 0 Å². The van der Waals surface area contributed by atoms with Crippen LogP contribution < -0.4 is 5.73 Å². The molecule has 0 aromatic carbocycles. The molecule has 126 valence electrons. The van der Waals surface area contributed by atoms with E-state index in [-0.39, 0.29) is 36.6 Å². The van der Waals surface area contributed by atoms with Crippen molar-refractivity contribution in [2.24, 2.45) is 5.73 Å². The molecule has 2 aliphatic rings. The predicted molar refractivity (Wildman–Crippen MR) is 83.0 cm³/mol. The highest BCUT2D eigenvalue weighted by Gasteiger charge is 2.41. The predicted octanol–water partition coefficient (Wildman–Crippen LogP) is 1.39. The van der Waals surface area contributed by atoms with Gasteiger partial charge in [-0.05, 0) is 27.7 Å². The maximum absolute atomic E-state index is 12.1. The molecule has 0 radical (unpaired) electrons. The van der Waals surface area contributed by atoms with Gasteiger partial charge in [0.2, 0.25) is 5.91 Å². The number of ether oxygens (including phenoxy) is 3. The lowest BCUT2D eigenvalue weighted by Gasteiger charge is -2.30. The second-order valence-corrected chi connectivity index (χ2v) is 6.47. The van der Waals surface area contributed by atoms with Crippen LogP contribution in [0, 0.1) is 0 Å². The molecule has 0 bridgehead atoms. The molecule has 2 heterocycles. The third-order valence-corrected chi connectivity index (χ3v) is 3.80. The maximum Gasteiger partial charge on any atom is 0.250 e. The van der Waals surface area contributed by atoms with Crippen molar-refractivity contribution in [1.82, 2.24) is 4.90 Å². The summed E-state index contributed by atoms with van der Waals surface area (Å²) in [7, 11) is 0. The Kier molecular flexibility index (Phi) is 5.83. The molecule has 2 aliphatic heterocycles. The fourth-order valence-corrected chi connectivity index (χ4v) is 2.78. The molecule has 0 aromatic heterocycles. The minimum atomic E-state index is -0.263. The summed E-state index contributed by atoms with van der Waals surface area (Å²) in [5.74, 6) is -0.0810. The zero-order chi connectivity index (χ0) is 16.3. The first kappa shape index (κ1) is 17.2. The number of rotatable bonds is 6. The Morgan fingerprint density at radius 1 is 1.36 bits per heavy atom. The Balaban J connectivity index is 2.00. The van der Waals surface area contributed by atoms with Crippen molar-refractivity contribution in [3.05, 3.63) is 11.8 Å². The number of carbonyl (C=O) groups excluding carboxylic acids is 1. The fraction of sp³-hybridized carbons (Fsp3) is 0.812. The van der Waals surface area contributed by atoms with E-state index in [2.05, 4.69) is 0 Å². The van der Waals surface area contributed by atoms with E-state index in [0.717, 1.165) is 0 Å². The second kappa shape index (κ2) is 7.44. The van der Waals surface area contributed by atoms with Crippen molar-refractivity contribution in [2.45, 2.75) is 71.2 Å². The van der Waals surface area contributed by atoms with Crippen LogP contribution >= 0.6 is 0 Å². The number of nitrogens with zero attached hydrogens (tertiary/aromatic N) is 1. The minimum absolute atomic E-state index is 0.0557. The number of amides is 1. The van der Waals surface area contributed by atoms with E-state index in [4.69, 9.17) is 19.9 Å². The van der Waals surface area contributed by atoms with E-state index in [0.29, 0.717) is 31.7 Å². The van der Waals surface area contributed by atoms with Crippen molar-refractivity contribution < 1.29 is 19.0 Å². The van der Waals surface area contributed by atoms with Gasteiger partial charge in [0, 0.05) is 31.2 Å². The summed E-state index contributed by atoms with van der Waals surface area (Å²) in [4.78, 5) is 13.8. The Morgan fingerprint density at radius 2 is 2.09 bits per heavy atom. The number of nitrogens with two attached hydrogens (primary N) is 1. The smallest absolute Gasteiger partial charge is 0.250 e. The summed E-state index contributed by atoms with van der Waals surface area (Å²) < 4.78 is 17.7. The third-order valence-electron chi connectivity index (χ3n) is 3.80. The molecule has 2 N–H and O–H groups in total. The molecular formula is C16H28N2O4. The molecule has 22 heavy (non-hydrogen) atoms. The quantitative estimate of drug-likeness (QED) is 0.802. The molecule has 2 rings (SSSR count). The number of hydrogen-bond acceptors (Lipinski definition) is 5. The zero-order valence-corrected chi connectivity index (χ0v) is 14.0. The number of hydrogen-bond donors (Lipinski definition) is 1. The molecule has 3 atom stereocenters. The van der Waals surface area contributed by atoms with E-state index in [1.54, 1.807) is 4.90 Å².